The first kappa shape index (κ1) is 14.1. The summed E-state index contributed by atoms with van der Waals surface area (Å²) in [6, 6.07) is 2.05. The van der Waals surface area contributed by atoms with E-state index in [9.17, 15) is 5.11 Å². The Labute approximate surface area is 97.3 Å². The Hall–Kier alpha value is -1.95. The molecule has 0 unspecified atom stereocenters. The number of nitriles is 1. The third-order valence-electron chi connectivity index (χ3n) is 2.02. The zero-order valence-electron chi connectivity index (χ0n) is 10.3. The number of rotatable bonds is 1. The Morgan fingerprint density at radius 2 is 2.00 bits per heavy atom. The summed E-state index contributed by atoms with van der Waals surface area (Å²) in [5.74, 6) is 0.0546. The van der Waals surface area contributed by atoms with Gasteiger partial charge in [-0.05, 0) is 19.4 Å². The van der Waals surface area contributed by atoms with Gasteiger partial charge in [-0.2, -0.15) is 5.26 Å². The van der Waals surface area contributed by atoms with Gasteiger partial charge in [0.1, 0.15) is 6.07 Å². The molecule has 0 atom stereocenters. The van der Waals surface area contributed by atoms with Crippen molar-refractivity contribution in [1.29, 1.82) is 5.26 Å². The second-order valence-electron chi connectivity index (χ2n) is 3.19. The maximum absolute atomic E-state index is 9.62. The molecule has 0 aromatic rings. The Morgan fingerprint density at radius 1 is 1.50 bits per heavy atom. The molecule has 0 aliphatic carbocycles. The van der Waals surface area contributed by atoms with Gasteiger partial charge in [0.15, 0.2) is 5.88 Å². The van der Waals surface area contributed by atoms with Gasteiger partial charge in [-0.3, -0.25) is 4.90 Å². The van der Waals surface area contributed by atoms with E-state index in [1.165, 1.54) is 11.0 Å². The molecule has 0 fully saturated rings. The first-order valence-electron chi connectivity index (χ1n) is 5.15. The molecular weight excluding hydrogens is 200 g/mol. The van der Waals surface area contributed by atoms with Crippen LogP contribution in [0.2, 0.25) is 0 Å². The molecule has 0 amide bonds. The molecule has 3 nitrogen and oxygen atoms in total. The van der Waals surface area contributed by atoms with E-state index in [4.69, 9.17) is 5.26 Å². The molecular formula is C13H18N2O. The summed E-state index contributed by atoms with van der Waals surface area (Å²) in [6.45, 7) is 15.0. The fraction of sp³-hybridized carbons (Fsp3) is 0.308. The quantitative estimate of drug-likeness (QED) is 0.731. The zero-order valence-corrected chi connectivity index (χ0v) is 10.3. The van der Waals surface area contributed by atoms with Crippen molar-refractivity contribution >= 4 is 0 Å². The summed E-state index contributed by atoms with van der Waals surface area (Å²) < 4.78 is 0. The van der Waals surface area contributed by atoms with Gasteiger partial charge >= 0.3 is 0 Å². The average molecular weight is 218 g/mol. The van der Waals surface area contributed by atoms with Crippen molar-refractivity contribution in [1.82, 2.24) is 4.90 Å². The van der Waals surface area contributed by atoms with Gasteiger partial charge in [-0.1, -0.05) is 27.0 Å². The third kappa shape index (κ3) is 2.54. The lowest BCUT2D eigenvalue weighted by Crippen LogP contribution is -2.23. The van der Waals surface area contributed by atoms with Crippen molar-refractivity contribution in [3.63, 3.8) is 0 Å². The smallest absolute Gasteiger partial charge is 0.196 e. The van der Waals surface area contributed by atoms with E-state index >= 15 is 0 Å². The molecule has 1 N–H and O–H groups in total. The molecule has 0 saturated carbocycles. The second kappa shape index (κ2) is 5.82. The van der Waals surface area contributed by atoms with E-state index in [1.807, 2.05) is 13.8 Å². The summed E-state index contributed by atoms with van der Waals surface area (Å²) in [7, 11) is 0. The molecule has 1 rings (SSSR count). The number of aliphatic hydroxyl groups excluding tert-OH is 1. The lowest BCUT2D eigenvalue weighted by molar-refractivity contribution is 0.275. The first-order valence-corrected chi connectivity index (χ1v) is 5.15. The molecule has 1 heterocycles. The summed E-state index contributed by atoms with van der Waals surface area (Å²) in [6.07, 6.45) is 1.53. The van der Waals surface area contributed by atoms with Crippen LogP contribution in [0.25, 0.3) is 0 Å². The molecule has 0 bridgehead atoms. The third-order valence-corrected chi connectivity index (χ3v) is 2.02. The van der Waals surface area contributed by atoms with E-state index in [2.05, 4.69) is 19.2 Å². The molecule has 0 aromatic carbocycles. The minimum atomic E-state index is 0.0546. The van der Waals surface area contributed by atoms with Gasteiger partial charge in [0, 0.05) is 11.8 Å². The van der Waals surface area contributed by atoms with E-state index in [0.29, 0.717) is 22.5 Å². The summed E-state index contributed by atoms with van der Waals surface area (Å²) in [4.78, 5) is 1.45. The monoisotopic (exact) mass is 218 g/mol. The van der Waals surface area contributed by atoms with Crippen molar-refractivity contribution in [3.8, 4) is 6.07 Å². The molecule has 1 aliphatic heterocycles. The standard InChI is InChI=1S/C11H12N2O.C2H6/c1-7(2)13-9(4)10(6-12)8(3)5-11(13)14;1-2/h5,14H,1,4H2,2-3H3;1-2H3. The topological polar surface area (TPSA) is 47.3 Å². The fourth-order valence-electron chi connectivity index (χ4n) is 1.39. The minimum Gasteiger partial charge on any atom is -0.494 e. The summed E-state index contributed by atoms with van der Waals surface area (Å²) in [5.41, 5.74) is 2.29. The van der Waals surface area contributed by atoms with Gasteiger partial charge in [0.2, 0.25) is 0 Å². The van der Waals surface area contributed by atoms with Gasteiger partial charge in [-0.15, -0.1) is 0 Å². The highest BCUT2D eigenvalue weighted by molar-refractivity contribution is 5.52. The molecule has 3 heteroatoms. The largest absolute Gasteiger partial charge is 0.494 e. The number of hydrogen-bond acceptors (Lipinski definition) is 3. The van der Waals surface area contributed by atoms with Crippen LogP contribution in [-0.4, -0.2) is 10.0 Å². The van der Waals surface area contributed by atoms with Crippen LogP contribution < -0.4 is 0 Å². The second-order valence-corrected chi connectivity index (χ2v) is 3.19. The number of aliphatic hydroxyl groups is 1. The number of allylic oxidation sites excluding steroid dienone is 4. The normalized spacial score (nSPS) is 14.8. The maximum atomic E-state index is 9.62. The summed E-state index contributed by atoms with van der Waals surface area (Å²) in [5, 5.41) is 18.5. The average Bonchev–Trinajstić information content (AvgIpc) is 2.19. The predicted octanol–water partition coefficient (Wildman–Crippen LogP) is 3.61. The molecule has 0 saturated heterocycles. The molecule has 0 radical (unpaired) electrons. The summed E-state index contributed by atoms with van der Waals surface area (Å²) >= 11 is 0. The van der Waals surface area contributed by atoms with Crippen molar-refractivity contribution in [3.05, 3.63) is 47.7 Å². The van der Waals surface area contributed by atoms with Crippen LogP contribution in [0.4, 0.5) is 0 Å². The van der Waals surface area contributed by atoms with Gasteiger partial charge < -0.3 is 5.11 Å². The van der Waals surface area contributed by atoms with Gasteiger partial charge in [-0.25, -0.2) is 0 Å². The van der Waals surface area contributed by atoms with Gasteiger partial charge in [0.05, 0.1) is 11.3 Å². The number of hydrogen-bond donors (Lipinski definition) is 1. The highest BCUT2D eigenvalue weighted by Gasteiger charge is 2.22. The first-order chi connectivity index (χ1) is 7.49. The fourth-order valence-corrected chi connectivity index (χ4v) is 1.39. The Morgan fingerprint density at radius 3 is 2.38 bits per heavy atom. The van der Waals surface area contributed by atoms with E-state index in [0.717, 1.165) is 0 Å². The lowest BCUT2D eigenvalue weighted by atomic mass is 10.0. The minimum absolute atomic E-state index is 0.0546. The Balaban J connectivity index is 0.00000106. The molecule has 1 aliphatic rings. The lowest BCUT2D eigenvalue weighted by Gasteiger charge is -2.28. The van der Waals surface area contributed by atoms with Crippen molar-refractivity contribution in [2.75, 3.05) is 0 Å². The van der Waals surface area contributed by atoms with Gasteiger partial charge in [0.25, 0.3) is 0 Å². The Kier molecular flexibility index (Phi) is 5.11. The van der Waals surface area contributed by atoms with Crippen LogP contribution in [0, 0.1) is 11.3 Å². The van der Waals surface area contributed by atoms with Crippen molar-refractivity contribution in [2.45, 2.75) is 27.7 Å². The molecule has 0 spiro atoms. The molecule has 16 heavy (non-hydrogen) atoms. The van der Waals surface area contributed by atoms with Crippen LogP contribution in [-0.2, 0) is 0 Å². The molecule has 0 aromatic heterocycles. The SMILES string of the molecule is C=C(C)N1C(=C)C(C#N)=C(C)C=C1O.CC. The van der Waals surface area contributed by atoms with Crippen LogP contribution in [0.3, 0.4) is 0 Å². The Bertz CT molecular complexity index is 408. The van der Waals surface area contributed by atoms with E-state index in [1.54, 1.807) is 13.8 Å². The maximum Gasteiger partial charge on any atom is 0.196 e. The van der Waals surface area contributed by atoms with Crippen LogP contribution in [0.5, 0.6) is 0 Å². The zero-order chi connectivity index (χ0) is 12.9. The van der Waals surface area contributed by atoms with Crippen molar-refractivity contribution in [2.24, 2.45) is 0 Å². The predicted molar refractivity (Wildman–Crippen MR) is 66.2 cm³/mol. The molecule has 86 valence electrons. The van der Waals surface area contributed by atoms with E-state index < -0.39 is 0 Å². The van der Waals surface area contributed by atoms with Crippen molar-refractivity contribution < 1.29 is 5.11 Å². The van der Waals surface area contributed by atoms with Crippen LogP contribution in [0.1, 0.15) is 27.7 Å². The number of nitrogens with zero attached hydrogens (tertiary/aromatic N) is 2. The van der Waals surface area contributed by atoms with Crippen LogP contribution in [0.15, 0.2) is 47.7 Å². The highest BCUT2D eigenvalue weighted by Crippen LogP contribution is 2.29. The highest BCUT2D eigenvalue weighted by atomic mass is 16.3. The van der Waals surface area contributed by atoms with E-state index in [-0.39, 0.29) is 5.88 Å². The van der Waals surface area contributed by atoms with Crippen LogP contribution >= 0.6 is 0 Å².